The maximum absolute atomic E-state index is 12.7. The Hall–Kier alpha value is -2.93. The molecule has 4 rings (SSSR count). The zero-order valence-corrected chi connectivity index (χ0v) is 16.4. The summed E-state index contributed by atoms with van der Waals surface area (Å²) in [6.45, 7) is 3.04. The number of nitrogens with one attached hydrogen (secondary N) is 1. The molecule has 6 nitrogen and oxygen atoms in total. The van der Waals surface area contributed by atoms with Crippen LogP contribution in [0.1, 0.15) is 29.1 Å². The normalized spacial score (nSPS) is 14.8. The number of benzene rings is 1. The largest absolute Gasteiger partial charge is 0.459 e. The minimum absolute atomic E-state index is 0.0292. The molecule has 1 aliphatic heterocycles. The number of anilines is 1. The van der Waals surface area contributed by atoms with Crippen LogP contribution in [-0.4, -0.2) is 34.8 Å². The molecule has 7 heteroatoms. The summed E-state index contributed by atoms with van der Waals surface area (Å²) in [5.41, 5.74) is 2.01. The van der Waals surface area contributed by atoms with Gasteiger partial charge < -0.3 is 14.6 Å². The monoisotopic (exact) mass is 395 g/mol. The number of carbonyl (C=O) groups excluding carboxylic acids is 2. The number of thiazole rings is 1. The summed E-state index contributed by atoms with van der Waals surface area (Å²) in [6.07, 6.45) is 2.76. The van der Waals surface area contributed by atoms with Gasteiger partial charge in [0.15, 0.2) is 10.9 Å². The van der Waals surface area contributed by atoms with Gasteiger partial charge in [0, 0.05) is 19.0 Å². The lowest BCUT2D eigenvalue weighted by Gasteiger charge is -2.30. The predicted octanol–water partition coefficient (Wildman–Crippen LogP) is 4.20. The fourth-order valence-corrected chi connectivity index (χ4v) is 4.39. The first-order valence-corrected chi connectivity index (χ1v) is 10.1. The number of hydrogen-bond donors (Lipinski definition) is 1. The Balaban J connectivity index is 1.36. The number of rotatable bonds is 4. The van der Waals surface area contributed by atoms with Crippen molar-refractivity contribution in [3.8, 4) is 10.4 Å². The fraction of sp³-hybridized carbons (Fsp3) is 0.286. The van der Waals surface area contributed by atoms with Crippen molar-refractivity contribution >= 4 is 28.3 Å². The Morgan fingerprint density at radius 2 is 1.89 bits per heavy atom. The van der Waals surface area contributed by atoms with E-state index >= 15 is 0 Å². The molecule has 0 spiro atoms. The van der Waals surface area contributed by atoms with Gasteiger partial charge in [-0.3, -0.25) is 9.59 Å². The van der Waals surface area contributed by atoms with Gasteiger partial charge in [0.25, 0.3) is 5.91 Å². The molecule has 1 aliphatic rings. The molecule has 0 atom stereocenters. The van der Waals surface area contributed by atoms with E-state index < -0.39 is 0 Å². The van der Waals surface area contributed by atoms with Crippen LogP contribution in [-0.2, 0) is 4.79 Å². The van der Waals surface area contributed by atoms with Crippen LogP contribution in [0.4, 0.5) is 5.13 Å². The van der Waals surface area contributed by atoms with Crippen molar-refractivity contribution in [1.29, 1.82) is 0 Å². The summed E-state index contributed by atoms with van der Waals surface area (Å²) in [5, 5.41) is 3.58. The molecule has 1 N–H and O–H groups in total. The first kappa shape index (κ1) is 18.4. The summed E-state index contributed by atoms with van der Waals surface area (Å²) in [7, 11) is 0. The van der Waals surface area contributed by atoms with E-state index in [1.54, 1.807) is 17.0 Å². The van der Waals surface area contributed by atoms with Crippen LogP contribution in [0.2, 0.25) is 0 Å². The van der Waals surface area contributed by atoms with E-state index in [4.69, 9.17) is 4.42 Å². The maximum atomic E-state index is 12.7. The Morgan fingerprint density at radius 1 is 1.14 bits per heavy atom. The highest BCUT2D eigenvalue weighted by Gasteiger charge is 2.29. The van der Waals surface area contributed by atoms with E-state index in [9.17, 15) is 9.59 Å². The van der Waals surface area contributed by atoms with Gasteiger partial charge in [0.05, 0.1) is 16.8 Å². The predicted molar refractivity (Wildman–Crippen MR) is 108 cm³/mol. The van der Waals surface area contributed by atoms with E-state index in [-0.39, 0.29) is 17.7 Å². The van der Waals surface area contributed by atoms with E-state index in [0.29, 0.717) is 36.8 Å². The van der Waals surface area contributed by atoms with Gasteiger partial charge in [0.1, 0.15) is 0 Å². The Bertz CT molecular complexity index is 958. The molecule has 3 aromatic rings. The van der Waals surface area contributed by atoms with Gasteiger partial charge in [-0.2, -0.15) is 0 Å². The number of hydrogen-bond acceptors (Lipinski definition) is 5. The Kier molecular flexibility index (Phi) is 5.25. The van der Waals surface area contributed by atoms with Crippen LogP contribution in [0.25, 0.3) is 10.4 Å². The minimum atomic E-state index is -0.120. The van der Waals surface area contributed by atoms with Crippen LogP contribution in [0.3, 0.4) is 0 Å². The third-order valence-electron chi connectivity index (χ3n) is 4.95. The Morgan fingerprint density at radius 3 is 2.57 bits per heavy atom. The van der Waals surface area contributed by atoms with Gasteiger partial charge in [0.2, 0.25) is 5.91 Å². The van der Waals surface area contributed by atoms with E-state index in [1.807, 2.05) is 37.3 Å². The van der Waals surface area contributed by atoms with Crippen molar-refractivity contribution in [2.24, 2.45) is 5.92 Å². The zero-order valence-electron chi connectivity index (χ0n) is 15.6. The molecule has 1 aromatic carbocycles. The first-order valence-electron chi connectivity index (χ1n) is 9.28. The summed E-state index contributed by atoms with van der Waals surface area (Å²) < 4.78 is 5.17. The second-order valence-electron chi connectivity index (χ2n) is 6.83. The third kappa shape index (κ3) is 3.84. The third-order valence-corrected chi connectivity index (χ3v) is 6.07. The lowest BCUT2D eigenvalue weighted by molar-refractivity contribution is -0.121. The Labute approximate surface area is 167 Å². The van der Waals surface area contributed by atoms with Crippen LogP contribution in [0.5, 0.6) is 0 Å². The summed E-state index contributed by atoms with van der Waals surface area (Å²) >= 11 is 1.49. The van der Waals surface area contributed by atoms with Crippen molar-refractivity contribution in [2.45, 2.75) is 19.8 Å². The van der Waals surface area contributed by atoms with Crippen LogP contribution in [0.15, 0.2) is 53.1 Å². The van der Waals surface area contributed by atoms with Gasteiger partial charge in [-0.15, -0.1) is 0 Å². The zero-order chi connectivity index (χ0) is 19.5. The molecule has 0 aliphatic carbocycles. The number of furan rings is 1. The average molecular weight is 395 g/mol. The SMILES string of the molecule is Cc1nc(NC(=O)C2CCN(C(=O)c3ccco3)CC2)sc1-c1ccccc1. The van der Waals surface area contributed by atoms with Gasteiger partial charge in [-0.25, -0.2) is 4.98 Å². The van der Waals surface area contributed by atoms with Crippen molar-refractivity contribution < 1.29 is 14.0 Å². The molecule has 2 aromatic heterocycles. The molecule has 1 fully saturated rings. The summed E-state index contributed by atoms with van der Waals surface area (Å²) in [4.78, 5) is 32.3. The topological polar surface area (TPSA) is 75.4 Å². The average Bonchev–Trinajstić information content (AvgIpc) is 3.38. The lowest BCUT2D eigenvalue weighted by atomic mass is 9.96. The van der Waals surface area contributed by atoms with Crippen molar-refractivity contribution in [2.75, 3.05) is 18.4 Å². The van der Waals surface area contributed by atoms with E-state index in [2.05, 4.69) is 10.3 Å². The highest BCUT2D eigenvalue weighted by atomic mass is 32.1. The molecule has 144 valence electrons. The van der Waals surface area contributed by atoms with Gasteiger partial charge in [-0.05, 0) is 37.5 Å². The molecule has 1 saturated heterocycles. The molecular weight excluding hydrogens is 374 g/mol. The van der Waals surface area contributed by atoms with E-state index in [1.165, 1.54) is 17.6 Å². The highest BCUT2D eigenvalue weighted by Crippen LogP contribution is 2.33. The quantitative estimate of drug-likeness (QED) is 0.718. The number of piperidine rings is 1. The molecule has 0 bridgehead atoms. The number of amides is 2. The molecule has 2 amide bonds. The standard InChI is InChI=1S/C21H21N3O3S/c1-14-18(15-6-3-2-4-7-15)28-21(22-14)23-19(25)16-9-11-24(12-10-16)20(26)17-8-5-13-27-17/h2-8,13,16H,9-12H2,1H3,(H,22,23,25). The number of carbonyl (C=O) groups is 2. The molecule has 3 heterocycles. The number of likely N-dealkylation sites (tertiary alicyclic amines) is 1. The molecular formula is C21H21N3O3S. The van der Waals surface area contributed by atoms with Crippen molar-refractivity contribution in [3.63, 3.8) is 0 Å². The second kappa shape index (κ2) is 7.98. The van der Waals surface area contributed by atoms with Crippen LogP contribution in [0, 0.1) is 12.8 Å². The minimum Gasteiger partial charge on any atom is -0.459 e. The maximum Gasteiger partial charge on any atom is 0.289 e. The molecule has 0 unspecified atom stereocenters. The second-order valence-corrected chi connectivity index (χ2v) is 7.83. The number of nitrogens with zero attached hydrogens (tertiary/aromatic N) is 2. The van der Waals surface area contributed by atoms with Crippen LogP contribution >= 0.6 is 11.3 Å². The van der Waals surface area contributed by atoms with Crippen molar-refractivity contribution in [3.05, 3.63) is 60.2 Å². The molecule has 28 heavy (non-hydrogen) atoms. The van der Waals surface area contributed by atoms with E-state index in [0.717, 1.165) is 16.1 Å². The fourth-order valence-electron chi connectivity index (χ4n) is 3.42. The smallest absolute Gasteiger partial charge is 0.289 e. The highest BCUT2D eigenvalue weighted by molar-refractivity contribution is 7.19. The molecule has 0 saturated carbocycles. The number of aromatic nitrogens is 1. The molecule has 0 radical (unpaired) electrons. The first-order chi connectivity index (χ1) is 13.6. The summed E-state index contributed by atoms with van der Waals surface area (Å²) in [6, 6.07) is 13.4. The van der Waals surface area contributed by atoms with Crippen molar-refractivity contribution in [1.82, 2.24) is 9.88 Å². The summed E-state index contributed by atoms with van der Waals surface area (Å²) in [5.74, 6) is 0.0741. The number of aryl methyl sites for hydroxylation is 1. The lowest BCUT2D eigenvalue weighted by Crippen LogP contribution is -2.41. The van der Waals surface area contributed by atoms with Crippen LogP contribution < -0.4 is 5.32 Å². The van der Waals surface area contributed by atoms with Gasteiger partial charge in [-0.1, -0.05) is 41.7 Å². The van der Waals surface area contributed by atoms with Gasteiger partial charge >= 0.3 is 0 Å².